The first kappa shape index (κ1) is 19.2. The zero-order valence-corrected chi connectivity index (χ0v) is 15.6. The minimum atomic E-state index is -0.350. The molecule has 3 N–H and O–H groups in total. The summed E-state index contributed by atoms with van der Waals surface area (Å²) in [5.41, 5.74) is 1.54. The molecule has 2 heterocycles. The third-order valence-electron chi connectivity index (χ3n) is 4.11. The van der Waals surface area contributed by atoms with Crippen LogP contribution >= 0.6 is 0 Å². The molecule has 3 rings (SSSR count). The van der Waals surface area contributed by atoms with Gasteiger partial charge in [0.05, 0.1) is 24.1 Å². The largest absolute Gasteiger partial charge is 0.472 e. The van der Waals surface area contributed by atoms with E-state index in [1.165, 1.54) is 12.5 Å². The summed E-state index contributed by atoms with van der Waals surface area (Å²) in [5.74, 6) is 0.483. The zero-order chi connectivity index (χ0) is 19.9. The van der Waals surface area contributed by atoms with Gasteiger partial charge in [-0.25, -0.2) is 4.79 Å². The van der Waals surface area contributed by atoms with Crippen molar-refractivity contribution in [2.24, 2.45) is 0 Å². The summed E-state index contributed by atoms with van der Waals surface area (Å²) < 4.78 is 10.3. The topological polar surface area (TPSA) is 99.8 Å². The molecule has 0 fully saturated rings. The lowest BCUT2D eigenvalue weighted by molar-refractivity contribution is 0.102. The maximum absolute atomic E-state index is 12.3. The maximum Gasteiger partial charge on any atom is 0.319 e. The lowest BCUT2D eigenvalue weighted by atomic mass is 10.2. The average Bonchev–Trinajstić information content (AvgIpc) is 3.36. The molecule has 0 aliphatic rings. The Hall–Kier alpha value is -3.52. The second-order valence-electron chi connectivity index (χ2n) is 6.38. The van der Waals surface area contributed by atoms with Crippen LogP contribution in [0.15, 0.2) is 70.1 Å². The number of nitrogens with one attached hydrogen (secondary N) is 3. The second-order valence-corrected chi connectivity index (χ2v) is 6.38. The molecule has 1 aromatic carbocycles. The molecule has 28 heavy (non-hydrogen) atoms. The fourth-order valence-corrected chi connectivity index (χ4v) is 2.65. The summed E-state index contributed by atoms with van der Waals surface area (Å²) in [7, 11) is 3.83. The van der Waals surface area contributed by atoms with Crippen molar-refractivity contribution in [1.82, 2.24) is 10.2 Å². The second kappa shape index (κ2) is 8.92. The highest BCUT2D eigenvalue weighted by atomic mass is 16.3. The Labute approximate surface area is 162 Å². The fraction of sp³-hybridized carbons (Fsp3) is 0.200. The molecule has 3 amide bonds. The van der Waals surface area contributed by atoms with E-state index in [0.29, 0.717) is 23.5 Å². The van der Waals surface area contributed by atoms with E-state index >= 15 is 0 Å². The Morgan fingerprint density at radius 2 is 1.82 bits per heavy atom. The number of hydrogen-bond donors (Lipinski definition) is 3. The molecule has 8 nitrogen and oxygen atoms in total. The Balaban J connectivity index is 1.56. The Kier molecular flexibility index (Phi) is 6.13. The van der Waals surface area contributed by atoms with E-state index < -0.39 is 0 Å². The van der Waals surface area contributed by atoms with Crippen molar-refractivity contribution in [3.05, 3.63) is 72.6 Å². The summed E-state index contributed by atoms with van der Waals surface area (Å²) in [6.07, 6.45) is 4.40. The number of nitrogens with zero attached hydrogens (tertiary/aromatic N) is 1. The molecule has 146 valence electrons. The van der Waals surface area contributed by atoms with E-state index in [9.17, 15) is 9.59 Å². The van der Waals surface area contributed by atoms with Gasteiger partial charge in [0.25, 0.3) is 5.91 Å². The monoisotopic (exact) mass is 382 g/mol. The van der Waals surface area contributed by atoms with Crippen LogP contribution in [0, 0.1) is 0 Å². The lowest BCUT2D eigenvalue weighted by Crippen LogP contribution is -2.36. The van der Waals surface area contributed by atoms with E-state index in [4.69, 9.17) is 8.83 Å². The van der Waals surface area contributed by atoms with Gasteiger partial charge < -0.3 is 24.8 Å². The highest BCUT2D eigenvalue weighted by Gasteiger charge is 2.18. The Morgan fingerprint density at radius 3 is 2.46 bits per heavy atom. The highest BCUT2D eigenvalue weighted by molar-refractivity contribution is 6.04. The highest BCUT2D eigenvalue weighted by Crippen LogP contribution is 2.18. The summed E-state index contributed by atoms with van der Waals surface area (Å²) in [6.45, 7) is 0.378. The molecule has 0 radical (unpaired) electrons. The number of rotatable bonds is 7. The molecular formula is C20H22N4O4. The van der Waals surface area contributed by atoms with Crippen LogP contribution in [0.2, 0.25) is 0 Å². The van der Waals surface area contributed by atoms with Crippen molar-refractivity contribution in [3.63, 3.8) is 0 Å². The molecule has 0 aliphatic carbocycles. The quantitative estimate of drug-likeness (QED) is 0.580. The van der Waals surface area contributed by atoms with Crippen molar-refractivity contribution in [3.8, 4) is 0 Å². The third kappa shape index (κ3) is 5.01. The molecule has 1 unspecified atom stereocenters. The van der Waals surface area contributed by atoms with Crippen molar-refractivity contribution < 1.29 is 18.4 Å². The van der Waals surface area contributed by atoms with E-state index in [-0.39, 0.29) is 18.0 Å². The Bertz CT molecular complexity index is 904. The molecule has 3 aromatic rings. The maximum atomic E-state index is 12.3. The molecule has 8 heteroatoms. The number of urea groups is 1. The number of likely N-dealkylation sites (N-methyl/N-ethyl adjacent to an activating group) is 1. The van der Waals surface area contributed by atoms with Gasteiger partial charge in [-0.2, -0.15) is 0 Å². The van der Waals surface area contributed by atoms with Crippen LogP contribution in [0.5, 0.6) is 0 Å². The summed E-state index contributed by atoms with van der Waals surface area (Å²) >= 11 is 0. The van der Waals surface area contributed by atoms with Crippen molar-refractivity contribution in [1.29, 1.82) is 0 Å². The number of benzene rings is 1. The number of anilines is 2. The lowest BCUT2D eigenvalue weighted by Gasteiger charge is -2.22. The molecule has 0 saturated heterocycles. The van der Waals surface area contributed by atoms with Crippen LogP contribution in [0.3, 0.4) is 0 Å². The van der Waals surface area contributed by atoms with Gasteiger partial charge in [-0.15, -0.1) is 0 Å². The number of carbonyl (C=O) groups is 2. The number of carbonyl (C=O) groups excluding carboxylic acids is 2. The van der Waals surface area contributed by atoms with Gasteiger partial charge in [-0.05, 0) is 50.5 Å². The van der Waals surface area contributed by atoms with Gasteiger partial charge in [-0.3, -0.25) is 9.69 Å². The van der Waals surface area contributed by atoms with E-state index in [1.54, 1.807) is 36.6 Å². The van der Waals surface area contributed by atoms with Crippen LogP contribution in [0.25, 0.3) is 0 Å². The van der Waals surface area contributed by atoms with Gasteiger partial charge in [0.15, 0.2) is 0 Å². The normalized spacial score (nSPS) is 11.8. The van der Waals surface area contributed by atoms with E-state index in [1.807, 2.05) is 31.1 Å². The summed E-state index contributed by atoms with van der Waals surface area (Å²) in [6, 6.07) is 11.7. The SMILES string of the molecule is CN(C)C(CNC(=O)Nc1cccc(NC(=O)c2ccoc2)c1)c1ccco1. The predicted molar refractivity (Wildman–Crippen MR) is 105 cm³/mol. The average molecular weight is 382 g/mol. The zero-order valence-electron chi connectivity index (χ0n) is 15.6. The minimum Gasteiger partial charge on any atom is -0.472 e. The third-order valence-corrected chi connectivity index (χ3v) is 4.11. The first-order chi connectivity index (χ1) is 13.5. The molecule has 0 bridgehead atoms. The van der Waals surface area contributed by atoms with Crippen molar-refractivity contribution in [2.75, 3.05) is 31.3 Å². The van der Waals surface area contributed by atoms with Crippen LogP contribution in [-0.2, 0) is 0 Å². The first-order valence-corrected chi connectivity index (χ1v) is 8.71. The molecular weight excluding hydrogens is 360 g/mol. The molecule has 0 spiro atoms. The van der Waals surface area contributed by atoms with Gasteiger partial charge in [0.2, 0.25) is 0 Å². The standard InChI is InChI=1S/C20H22N4O4/c1-24(2)17(18-7-4-9-28-18)12-21-20(26)23-16-6-3-5-15(11-16)22-19(25)14-8-10-27-13-14/h3-11,13,17H,12H2,1-2H3,(H,22,25)(H2,21,23,26). The van der Waals surface area contributed by atoms with Crippen molar-refractivity contribution >= 4 is 23.3 Å². The van der Waals surface area contributed by atoms with Gasteiger partial charge in [0.1, 0.15) is 12.0 Å². The number of furan rings is 2. The predicted octanol–water partition coefficient (Wildman–Crippen LogP) is 3.55. The molecule has 0 aliphatic heterocycles. The van der Waals surface area contributed by atoms with Crippen LogP contribution < -0.4 is 16.0 Å². The van der Waals surface area contributed by atoms with Gasteiger partial charge >= 0.3 is 6.03 Å². The van der Waals surface area contributed by atoms with Gasteiger partial charge in [0, 0.05) is 17.9 Å². The van der Waals surface area contributed by atoms with Crippen LogP contribution in [-0.4, -0.2) is 37.5 Å². The van der Waals surface area contributed by atoms with Crippen LogP contribution in [0.4, 0.5) is 16.2 Å². The smallest absolute Gasteiger partial charge is 0.319 e. The molecule has 0 saturated carbocycles. The van der Waals surface area contributed by atoms with Gasteiger partial charge in [-0.1, -0.05) is 6.07 Å². The Morgan fingerprint density at radius 1 is 1.04 bits per heavy atom. The molecule has 2 aromatic heterocycles. The minimum absolute atomic E-state index is 0.0821. The molecule has 1 atom stereocenters. The summed E-state index contributed by atoms with van der Waals surface area (Å²) in [4.78, 5) is 26.3. The van der Waals surface area contributed by atoms with E-state index in [0.717, 1.165) is 5.76 Å². The number of amides is 3. The fourth-order valence-electron chi connectivity index (χ4n) is 2.65. The summed E-state index contributed by atoms with van der Waals surface area (Å²) in [5, 5.41) is 8.34. The van der Waals surface area contributed by atoms with Crippen LogP contribution in [0.1, 0.15) is 22.2 Å². The van der Waals surface area contributed by atoms with E-state index in [2.05, 4.69) is 16.0 Å². The first-order valence-electron chi connectivity index (χ1n) is 8.71. The number of hydrogen-bond acceptors (Lipinski definition) is 5. The van der Waals surface area contributed by atoms with Crippen molar-refractivity contribution in [2.45, 2.75) is 6.04 Å².